The Hall–Kier alpha value is -2.39. The molecule has 0 radical (unpaired) electrons. The molecule has 2 aromatic carbocycles. The lowest BCUT2D eigenvalue weighted by atomic mass is 10.1. The number of rotatable bonds is 3. The predicted octanol–water partition coefficient (Wildman–Crippen LogP) is 3.91. The minimum absolute atomic E-state index is 0.315. The summed E-state index contributed by atoms with van der Waals surface area (Å²) in [6.45, 7) is 0. The summed E-state index contributed by atoms with van der Waals surface area (Å²) in [6.07, 6.45) is 1.49. The second-order valence-corrected chi connectivity index (χ2v) is 4.71. The van der Waals surface area contributed by atoms with Crippen molar-refractivity contribution in [3.05, 3.63) is 64.8 Å². The largest absolute Gasteiger partial charge is 0.299 e. The molecule has 0 atom stereocenters. The number of benzene rings is 2. The highest BCUT2D eigenvalue weighted by atomic mass is 35.5. The van der Waals surface area contributed by atoms with Gasteiger partial charge in [-0.1, -0.05) is 41.9 Å². The molecule has 0 fully saturated rings. The summed E-state index contributed by atoms with van der Waals surface area (Å²) in [7, 11) is 0. The molecule has 0 bridgehead atoms. The number of carbonyl (C=O) groups excluding carboxylic acids is 2. The monoisotopic (exact) mass is 283 g/mol. The van der Waals surface area contributed by atoms with Crippen LogP contribution in [-0.2, 0) is 0 Å². The molecule has 0 saturated heterocycles. The Morgan fingerprint density at radius 1 is 0.900 bits per heavy atom. The first-order chi connectivity index (χ1) is 9.77. The molecule has 3 nitrogen and oxygen atoms in total. The molecule has 0 aliphatic rings. The van der Waals surface area contributed by atoms with Gasteiger partial charge in [-0.25, -0.2) is 0 Å². The zero-order valence-corrected chi connectivity index (χ0v) is 11.2. The standard InChI is InChI=1S/C16H10ClNO2/c17-16-14(10-20)13-8-4-5-11(9-19)15(13)18(16)12-6-2-1-3-7-12/h1-10H. The number of aromatic nitrogens is 1. The van der Waals surface area contributed by atoms with Gasteiger partial charge in [-0.3, -0.25) is 14.2 Å². The van der Waals surface area contributed by atoms with Crippen LogP contribution in [0.25, 0.3) is 16.6 Å². The van der Waals surface area contributed by atoms with Crippen LogP contribution in [0.5, 0.6) is 0 Å². The van der Waals surface area contributed by atoms with Crippen LogP contribution in [0.3, 0.4) is 0 Å². The second kappa shape index (κ2) is 4.94. The quantitative estimate of drug-likeness (QED) is 0.684. The number of halogens is 1. The van der Waals surface area contributed by atoms with Crippen LogP contribution in [0.1, 0.15) is 20.7 Å². The van der Waals surface area contributed by atoms with E-state index >= 15 is 0 Å². The molecule has 3 rings (SSSR count). The van der Waals surface area contributed by atoms with Crippen molar-refractivity contribution in [2.45, 2.75) is 0 Å². The molecule has 0 spiro atoms. The first-order valence-electron chi connectivity index (χ1n) is 6.06. The number of nitrogens with zero attached hydrogens (tertiary/aromatic N) is 1. The molecule has 0 aliphatic heterocycles. The summed E-state index contributed by atoms with van der Waals surface area (Å²) in [5.41, 5.74) is 2.36. The third-order valence-corrected chi connectivity index (χ3v) is 3.63. The molecule has 0 amide bonds. The van der Waals surface area contributed by atoms with E-state index in [1.54, 1.807) is 22.8 Å². The Kier molecular flexibility index (Phi) is 3.12. The number of hydrogen-bond acceptors (Lipinski definition) is 2. The molecule has 0 saturated carbocycles. The van der Waals surface area contributed by atoms with Crippen molar-refractivity contribution in [2.75, 3.05) is 0 Å². The van der Waals surface area contributed by atoms with E-state index in [4.69, 9.17) is 11.6 Å². The SMILES string of the molecule is O=Cc1c(Cl)n(-c2ccccc2)c2c(C=O)cccc12. The van der Waals surface area contributed by atoms with Gasteiger partial charge in [0.05, 0.1) is 11.1 Å². The van der Waals surface area contributed by atoms with Gasteiger partial charge in [0.15, 0.2) is 12.6 Å². The van der Waals surface area contributed by atoms with Crippen molar-refractivity contribution in [2.24, 2.45) is 0 Å². The lowest BCUT2D eigenvalue weighted by Crippen LogP contribution is -1.96. The summed E-state index contributed by atoms with van der Waals surface area (Å²) >= 11 is 6.33. The van der Waals surface area contributed by atoms with Gasteiger partial charge in [-0.2, -0.15) is 0 Å². The van der Waals surface area contributed by atoms with Crippen LogP contribution in [0, 0.1) is 0 Å². The Bertz CT molecular complexity index is 806. The molecule has 1 aromatic heterocycles. The molecule has 0 aliphatic carbocycles. The highest BCUT2D eigenvalue weighted by molar-refractivity contribution is 6.35. The lowest BCUT2D eigenvalue weighted by molar-refractivity contribution is 0.111. The van der Waals surface area contributed by atoms with Crippen LogP contribution in [0.15, 0.2) is 48.5 Å². The highest BCUT2D eigenvalue weighted by Gasteiger charge is 2.18. The summed E-state index contributed by atoms with van der Waals surface area (Å²) in [4.78, 5) is 22.6. The van der Waals surface area contributed by atoms with Crippen LogP contribution in [0.4, 0.5) is 0 Å². The summed E-state index contributed by atoms with van der Waals surface area (Å²) in [5, 5.41) is 0.994. The fraction of sp³-hybridized carbons (Fsp3) is 0. The van der Waals surface area contributed by atoms with Crippen molar-refractivity contribution in [3.8, 4) is 5.69 Å². The normalized spacial score (nSPS) is 10.7. The van der Waals surface area contributed by atoms with E-state index < -0.39 is 0 Å². The topological polar surface area (TPSA) is 39.1 Å². The Morgan fingerprint density at radius 3 is 2.30 bits per heavy atom. The number of hydrogen-bond donors (Lipinski definition) is 0. The smallest absolute Gasteiger partial charge is 0.153 e. The highest BCUT2D eigenvalue weighted by Crippen LogP contribution is 2.33. The van der Waals surface area contributed by atoms with Crippen LogP contribution < -0.4 is 0 Å². The zero-order valence-electron chi connectivity index (χ0n) is 10.4. The van der Waals surface area contributed by atoms with Gasteiger partial charge in [-0.05, 0) is 18.2 Å². The van der Waals surface area contributed by atoms with E-state index in [0.29, 0.717) is 27.2 Å². The average molecular weight is 284 g/mol. The minimum Gasteiger partial charge on any atom is -0.299 e. The van der Waals surface area contributed by atoms with Gasteiger partial charge in [0.25, 0.3) is 0 Å². The maximum Gasteiger partial charge on any atom is 0.153 e. The Morgan fingerprint density at radius 2 is 1.65 bits per heavy atom. The van der Waals surface area contributed by atoms with Crippen LogP contribution in [-0.4, -0.2) is 17.1 Å². The van der Waals surface area contributed by atoms with Crippen molar-refractivity contribution in [1.29, 1.82) is 0 Å². The third-order valence-electron chi connectivity index (χ3n) is 3.26. The van der Waals surface area contributed by atoms with E-state index in [2.05, 4.69) is 0 Å². The van der Waals surface area contributed by atoms with Crippen molar-refractivity contribution in [3.63, 3.8) is 0 Å². The number of para-hydroxylation sites is 2. The van der Waals surface area contributed by atoms with Gasteiger partial charge < -0.3 is 0 Å². The zero-order chi connectivity index (χ0) is 14.1. The van der Waals surface area contributed by atoms with Crippen molar-refractivity contribution in [1.82, 2.24) is 4.57 Å². The van der Waals surface area contributed by atoms with Gasteiger partial charge >= 0.3 is 0 Å². The Balaban J connectivity index is 2.50. The summed E-state index contributed by atoms with van der Waals surface area (Å²) in [5.74, 6) is 0. The van der Waals surface area contributed by atoms with E-state index in [1.165, 1.54) is 0 Å². The van der Waals surface area contributed by atoms with E-state index in [0.717, 1.165) is 18.3 Å². The molecule has 0 unspecified atom stereocenters. The fourth-order valence-electron chi connectivity index (χ4n) is 2.38. The van der Waals surface area contributed by atoms with Crippen LogP contribution >= 0.6 is 11.6 Å². The number of carbonyl (C=O) groups is 2. The fourth-order valence-corrected chi connectivity index (χ4v) is 2.71. The molecule has 3 aromatic rings. The summed E-state index contributed by atoms with van der Waals surface area (Å²) in [6, 6.07) is 14.6. The summed E-state index contributed by atoms with van der Waals surface area (Å²) < 4.78 is 1.73. The molecular formula is C16H10ClNO2. The first-order valence-corrected chi connectivity index (χ1v) is 6.44. The number of aldehydes is 2. The van der Waals surface area contributed by atoms with Gasteiger partial charge in [0.1, 0.15) is 5.15 Å². The first kappa shape index (κ1) is 12.6. The molecule has 20 heavy (non-hydrogen) atoms. The number of fused-ring (bicyclic) bond motifs is 1. The van der Waals surface area contributed by atoms with Gasteiger partial charge in [-0.15, -0.1) is 0 Å². The molecular weight excluding hydrogens is 274 g/mol. The second-order valence-electron chi connectivity index (χ2n) is 4.35. The van der Waals surface area contributed by atoms with Gasteiger partial charge in [0.2, 0.25) is 0 Å². The predicted molar refractivity (Wildman–Crippen MR) is 79.1 cm³/mol. The van der Waals surface area contributed by atoms with Crippen LogP contribution in [0.2, 0.25) is 5.15 Å². The minimum atomic E-state index is 0.315. The van der Waals surface area contributed by atoms with Gasteiger partial charge in [0, 0.05) is 16.6 Å². The van der Waals surface area contributed by atoms with Crippen molar-refractivity contribution < 1.29 is 9.59 Å². The Labute approximate surface area is 120 Å². The lowest BCUT2D eigenvalue weighted by Gasteiger charge is -2.08. The third kappa shape index (κ3) is 1.75. The van der Waals surface area contributed by atoms with Crippen molar-refractivity contribution >= 4 is 35.1 Å². The molecule has 0 N–H and O–H groups in total. The average Bonchev–Trinajstić information content (AvgIpc) is 2.79. The maximum atomic E-state index is 11.3. The molecule has 4 heteroatoms. The van der Waals surface area contributed by atoms with E-state index in [9.17, 15) is 9.59 Å². The molecule has 1 heterocycles. The maximum absolute atomic E-state index is 11.3. The van der Waals surface area contributed by atoms with E-state index in [1.807, 2.05) is 30.3 Å². The van der Waals surface area contributed by atoms with E-state index in [-0.39, 0.29) is 0 Å². The molecule has 98 valence electrons.